The van der Waals surface area contributed by atoms with Crippen LogP contribution in [0.5, 0.6) is 5.75 Å². The second kappa shape index (κ2) is 7.64. The molecule has 1 saturated heterocycles. The van der Waals surface area contributed by atoms with Crippen LogP contribution in [-0.2, 0) is 9.53 Å². The molecule has 1 aliphatic rings. The Bertz CT molecular complexity index is 466. The summed E-state index contributed by atoms with van der Waals surface area (Å²) in [6, 6.07) is 7.14. The minimum absolute atomic E-state index is 0.00865. The van der Waals surface area contributed by atoms with Gasteiger partial charge in [0.2, 0.25) is 0 Å². The predicted octanol–water partition coefficient (Wildman–Crippen LogP) is 1.68. The lowest BCUT2D eigenvalue weighted by atomic mass is 10.2. The second-order valence-corrected chi connectivity index (χ2v) is 5.56. The van der Waals surface area contributed by atoms with E-state index in [1.807, 2.05) is 0 Å². The number of rotatable bonds is 6. The summed E-state index contributed by atoms with van der Waals surface area (Å²) in [5, 5.41) is 0.669. The quantitative estimate of drug-likeness (QED) is 0.868. The van der Waals surface area contributed by atoms with Crippen LogP contribution >= 0.6 is 11.6 Å². The van der Waals surface area contributed by atoms with E-state index in [0.29, 0.717) is 24.7 Å². The number of carbonyl (C=O) groups is 1. The fraction of sp³-hybridized carbons (Fsp3) is 0.533. The van der Waals surface area contributed by atoms with E-state index in [4.69, 9.17) is 26.8 Å². The van der Waals surface area contributed by atoms with Gasteiger partial charge in [-0.3, -0.25) is 4.79 Å². The lowest BCUT2D eigenvalue weighted by Crippen LogP contribution is -2.39. The minimum atomic E-state index is -0.362. The summed E-state index contributed by atoms with van der Waals surface area (Å²) in [4.78, 5) is 13.8. The number of likely N-dealkylation sites (N-methyl/N-ethyl adjacent to an activating group) is 1. The van der Waals surface area contributed by atoms with E-state index >= 15 is 0 Å². The molecule has 0 saturated carbocycles. The minimum Gasteiger partial charge on any atom is -0.492 e. The molecule has 116 valence electrons. The van der Waals surface area contributed by atoms with Crippen molar-refractivity contribution in [3.8, 4) is 5.75 Å². The first-order valence-corrected chi connectivity index (χ1v) is 7.47. The summed E-state index contributed by atoms with van der Waals surface area (Å²) in [5.41, 5.74) is 5.55. The van der Waals surface area contributed by atoms with E-state index in [1.165, 1.54) is 0 Å². The lowest BCUT2D eigenvalue weighted by molar-refractivity contribution is -0.141. The van der Waals surface area contributed by atoms with Gasteiger partial charge in [0.15, 0.2) is 0 Å². The average molecular weight is 313 g/mol. The van der Waals surface area contributed by atoms with Crippen LogP contribution in [0.1, 0.15) is 12.8 Å². The molecule has 1 aliphatic heterocycles. The summed E-state index contributed by atoms with van der Waals surface area (Å²) < 4.78 is 11.2. The number of nitrogens with zero attached hydrogens (tertiary/aromatic N) is 1. The SMILES string of the molecule is CN(CCOc1ccc(Cl)cc1)C(=O)[C@@H]1CC[C@H](CN)O1. The second-order valence-electron chi connectivity index (χ2n) is 5.12. The van der Waals surface area contributed by atoms with Crippen LogP contribution in [-0.4, -0.2) is 49.8 Å². The van der Waals surface area contributed by atoms with Gasteiger partial charge in [0.05, 0.1) is 12.6 Å². The molecule has 0 spiro atoms. The molecule has 1 fully saturated rings. The first-order valence-electron chi connectivity index (χ1n) is 7.09. The number of nitrogens with two attached hydrogens (primary N) is 1. The van der Waals surface area contributed by atoms with Gasteiger partial charge in [-0.15, -0.1) is 0 Å². The average Bonchev–Trinajstić information content (AvgIpc) is 2.97. The number of hydrogen-bond acceptors (Lipinski definition) is 4. The van der Waals surface area contributed by atoms with E-state index in [-0.39, 0.29) is 18.1 Å². The summed E-state index contributed by atoms with van der Waals surface area (Å²) in [6.45, 7) is 1.40. The maximum absolute atomic E-state index is 12.2. The molecule has 0 aliphatic carbocycles. The Kier molecular flexibility index (Phi) is 5.85. The molecule has 0 unspecified atom stereocenters. The Hall–Kier alpha value is -1.30. The Morgan fingerprint density at radius 1 is 1.43 bits per heavy atom. The number of benzene rings is 1. The summed E-state index contributed by atoms with van der Waals surface area (Å²) in [7, 11) is 1.76. The zero-order valence-corrected chi connectivity index (χ0v) is 12.9. The van der Waals surface area contributed by atoms with Crippen molar-refractivity contribution in [3.63, 3.8) is 0 Å². The largest absolute Gasteiger partial charge is 0.492 e. The highest BCUT2D eigenvalue weighted by molar-refractivity contribution is 6.30. The van der Waals surface area contributed by atoms with Crippen molar-refractivity contribution < 1.29 is 14.3 Å². The van der Waals surface area contributed by atoms with Gasteiger partial charge < -0.3 is 20.1 Å². The first-order chi connectivity index (χ1) is 10.1. The van der Waals surface area contributed by atoms with Gasteiger partial charge in [0, 0.05) is 18.6 Å². The Balaban J connectivity index is 1.72. The van der Waals surface area contributed by atoms with Crippen molar-refractivity contribution in [2.75, 3.05) is 26.7 Å². The molecular formula is C15H21ClN2O3. The van der Waals surface area contributed by atoms with E-state index in [9.17, 15) is 4.79 Å². The van der Waals surface area contributed by atoms with Crippen LogP contribution in [0.15, 0.2) is 24.3 Å². The number of carbonyl (C=O) groups excluding carboxylic acids is 1. The molecule has 0 radical (unpaired) electrons. The summed E-state index contributed by atoms with van der Waals surface area (Å²) >= 11 is 5.80. The molecule has 0 bridgehead atoms. The van der Waals surface area contributed by atoms with Crippen LogP contribution in [0.25, 0.3) is 0 Å². The van der Waals surface area contributed by atoms with Gasteiger partial charge in [0.25, 0.3) is 5.91 Å². The fourth-order valence-corrected chi connectivity index (χ4v) is 2.37. The fourth-order valence-electron chi connectivity index (χ4n) is 2.25. The van der Waals surface area contributed by atoms with Gasteiger partial charge in [-0.1, -0.05) is 11.6 Å². The molecule has 1 amide bonds. The monoisotopic (exact) mass is 312 g/mol. The normalized spacial score (nSPS) is 21.3. The van der Waals surface area contributed by atoms with Gasteiger partial charge in [0.1, 0.15) is 18.5 Å². The summed E-state index contributed by atoms with van der Waals surface area (Å²) in [5.74, 6) is 0.728. The third-order valence-electron chi connectivity index (χ3n) is 3.53. The molecule has 5 nitrogen and oxygen atoms in total. The van der Waals surface area contributed by atoms with E-state index in [0.717, 1.165) is 18.6 Å². The molecular weight excluding hydrogens is 292 g/mol. The smallest absolute Gasteiger partial charge is 0.251 e. The zero-order valence-electron chi connectivity index (χ0n) is 12.1. The number of ether oxygens (including phenoxy) is 2. The molecule has 1 aromatic rings. The van der Waals surface area contributed by atoms with E-state index in [1.54, 1.807) is 36.2 Å². The van der Waals surface area contributed by atoms with Crippen LogP contribution in [0.3, 0.4) is 0 Å². The maximum Gasteiger partial charge on any atom is 0.251 e. The van der Waals surface area contributed by atoms with Gasteiger partial charge >= 0.3 is 0 Å². The first kappa shape index (κ1) is 16.1. The molecule has 2 N–H and O–H groups in total. The van der Waals surface area contributed by atoms with E-state index < -0.39 is 0 Å². The van der Waals surface area contributed by atoms with Crippen molar-refractivity contribution >= 4 is 17.5 Å². The molecule has 6 heteroatoms. The van der Waals surface area contributed by atoms with Crippen molar-refractivity contribution in [1.82, 2.24) is 4.90 Å². The van der Waals surface area contributed by atoms with Crippen LogP contribution < -0.4 is 10.5 Å². The highest BCUT2D eigenvalue weighted by atomic mass is 35.5. The predicted molar refractivity (Wildman–Crippen MR) is 81.5 cm³/mol. The highest BCUT2D eigenvalue weighted by Gasteiger charge is 2.31. The topological polar surface area (TPSA) is 64.8 Å². The van der Waals surface area contributed by atoms with Crippen molar-refractivity contribution in [2.24, 2.45) is 5.73 Å². The van der Waals surface area contributed by atoms with Crippen molar-refractivity contribution in [2.45, 2.75) is 25.0 Å². The summed E-state index contributed by atoms with van der Waals surface area (Å²) in [6.07, 6.45) is 1.24. The molecule has 2 rings (SSSR count). The third-order valence-corrected chi connectivity index (χ3v) is 3.78. The van der Waals surface area contributed by atoms with Crippen molar-refractivity contribution in [1.29, 1.82) is 0 Å². The van der Waals surface area contributed by atoms with E-state index in [2.05, 4.69) is 0 Å². The molecule has 0 aromatic heterocycles. The molecule has 21 heavy (non-hydrogen) atoms. The van der Waals surface area contributed by atoms with Gasteiger partial charge in [-0.2, -0.15) is 0 Å². The lowest BCUT2D eigenvalue weighted by Gasteiger charge is -2.21. The third kappa shape index (κ3) is 4.59. The number of amides is 1. The van der Waals surface area contributed by atoms with Crippen LogP contribution in [0.2, 0.25) is 5.02 Å². The van der Waals surface area contributed by atoms with Gasteiger partial charge in [-0.25, -0.2) is 0 Å². The maximum atomic E-state index is 12.2. The standard InChI is InChI=1S/C15H21ClN2O3/c1-18(15(19)14-7-6-13(10-17)21-14)8-9-20-12-4-2-11(16)3-5-12/h2-5,13-14H,6-10,17H2,1H3/t13-,14+/m1/s1. The molecule has 1 heterocycles. The number of halogens is 1. The zero-order chi connectivity index (χ0) is 15.2. The molecule has 2 atom stereocenters. The Labute approximate surface area is 130 Å². The van der Waals surface area contributed by atoms with Crippen molar-refractivity contribution in [3.05, 3.63) is 29.3 Å². The van der Waals surface area contributed by atoms with Gasteiger partial charge in [-0.05, 0) is 37.1 Å². The molecule has 1 aromatic carbocycles. The Morgan fingerprint density at radius 2 is 2.14 bits per heavy atom. The highest BCUT2D eigenvalue weighted by Crippen LogP contribution is 2.20. The van der Waals surface area contributed by atoms with Crippen LogP contribution in [0.4, 0.5) is 0 Å². The Morgan fingerprint density at radius 3 is 2.76 bits per heavy atom. The van der Waals surface area contributed by atoms with Crippen LogP contribution in [0, 0.1) is 0 Å². The number of hydrogen-bond donors (Lipinski definition) is 1.